The third-order valence-corrected chi connectivity index (χ3v) is 5.55. The minimum Gasteiger partial charge on any atom is -0.487 e. The summed E-state index contributed by atoms with van der Waals surface area (Å²) in [5.41, 5.74) is -0.342. The standard InChI is InChI=1S/C24H14Cl2F4N2O3/c25-19-2-1-3-20(26)22(19)32-17(11-21(31-32)24(28,29)30)12-35-18-6-4-13(5-7-18)14-8-15(23(33)34)10-16(27)9-14/h1-11H,12H2,(H,33,34). The Kier molecular flexibility index (Phi) is 6.73. The number of aromatic carboxylic acids is 1. The van der Waals surface area contributed by atoms with Gasteiger partial charge in [-0.2, -0.15) is 18.3 Å². The van der Waals surface area contributed by atoms with Gasteiger partial charge in [0.2, 0.25) is 0 Å². The van der Waals surface area contributed by atoms with Crippen molar-refractivity contribution in [3.8, 4) is 22.6 Å². The molecule has 0 aliphatic rings. The van der Waals surface area contributed by atoms with E-state index in [1.54, 1.807) is 18.2 Å². The zero-order chi connectivity index (χ0) is 25.3. The van der Waals surface area contributed by atoms with Crippen LogP contribution in [0.1, 0.15) is 21.7 Å². The Morgan fingerprint density at radius 2 is 1.63 bits per heavy atom. The molecule has 0 aliphatic carbocycles. The number of carbonyl (C=O) groups is 1. The highest BCUT2D eigenvalue weighted by atomic mass is 35.5. The van der Waals surface area contributed by atoms with E-state index < -0.39 is 23.7 Å². The minimum atomic E-state index is -4.70. The van der Waals surface area contributed by atoms with Gasteiger partial charge in [0.05, 0.1) is 21.3 Å². The normalized spacial score (nSPS) is 11.5. The molecule has 4 aromatic rings. The first-order chi connectivity index (χ1) is 16.5. The number of para-hydroxylation sites is 1. The number of rotatable bonds is 6. The Labute approximate surface area is 206 Å². The molecule has 0 unspecified atom stereocenters. The molecule has 0 radical (unpaired) electrons. The summed E-state index contributed by atoms with van der Waals surface area (Å²) in [6.45, 7) is -0.299. The van der Waals surface area contributed by atoms with Gasteiger partial charge in [0.25, 0.3) is 0 Å². The first-order valence-electron chi connectivity index (χ1n) is 9.90. The lowest BCUT2D eigenvalue weighted by Crippen LogP contribution is -2.09. The number of aromatic nitrogens is 2. The van der Waals surface area contributed by atoms with Crippen molar-refractivity contribution in [3.05, 3.63) is 99.5 Å². The van der Waals surface area contributed by atoms with Gasteiger partial charge in [0.15, 0.2) is 5.69 Å². The molecule has 11 heteroatoms. The van der Waals surface area contributed by atoms with Crippen LogP contribution in [0.3, 0.4) is 0 Å². The molecule has 0 aliphatic heterocycles. The SMILES string of the molecule is O=C(O)c1cc(F)cc(-c2ccc(OCc3cc(C(F)(F)F)nn3-c3c(Cl)cccc3Cl)cc2)c1. The Hall–Kier alpha value is -3.56. The molecule has 3 aromatic carbocycles. The molecule has 1 N–H and O–H groups in total. The smallest absolute Gasteiger partial charge is 0.435 e. The van der Waals surface area contributed by atoms with Crippen molar-refractivity contribution in [2.45, 2.75) is 12.8 Å². The minimum absolute atomic E-state index is 0.0487. The second-order valence-electron chi connectivity index (χ2n) is 7.35. The molecule has 1 heterocycles. The van der Waals surface area contributed by atoms with Gasteiger partial charge in [-0.25, -0.2) is 13.9 Å². The summed E-state index contributed by atoms with van der Waals surface area (Å²) in [6.07, 6.45) is -4.70. The summed E-state index contributed by atoms with van der Waals surface area (Å²) in [7, 11) is 0. The van der Waals surface area contributed by atoms with Crippen molar-refractivity contribution in [1.29, 1.82) is 0 Å². The highest BCUT2D eigenvalue weighted by Gasteiger charge is 2.35. The summed E-state index contributed by atoms with van der Waals surface area (Å²) in [5, 5.41) is 13.0. The average Bonchev–Trinajstić information content (AvgIpc) is 3.22. The zero-order valence-electron chi connectivity index (χ0n) is 17.5. The van der Waals surface area contributed by atoms with Gasteiger partial charge in [-0.1, -0.05) is 41.4 Å². The van der Waals surface area contributed by atoms with Crippen LogP contribution in [0.5, 0.6) is 5.75 Å². The van der Waals surface area contributed by atoms with E-state index in [-0.39, 0.29) is 33.6 Å². The number of carboxylic acids is 1. The van der Waals surface area contributed by atoms with Crippen molar-refractivity contribution in [2.24, 2.45) is 0 Å². The summed E-state index contributed by atoms with van der Waals surface area (Å²) >= 11 is 12.3. The number of nitrogens with zero attached hydrogens (tertiary/aromatic N) is 2. The lowest BCUT2D eigenvalue weighted by molar-refractivity contribution is -0.141. The lowest BCUT2D eigenvalue weighted by atomic mass is 10.0. The van der Waals surface area contributed by atoms with E-state index in [1.807, 2.05) is 0 Å². The summed E-state index contributed by atoms with van der Waals surface area (Å²) in [4.78, 5) is 11.2. The number of carboxylic acid groups (broad SMARTS) is 1. The Bertz CT molecular complexity index is 1380. The van der Waals surface area contributed by atoms with Gasteiger partial charge in [0, 0.05) is 0 Å². The lowest BCUT2D eigenvalue weighted by Gasteiger charge is -2.12. The fourth-order valence-corrected chi connectivity index (χ4v) is 3.88. The zero-order valence-corrected chi connectivity index (χ0v) is 19.0. The number of alkyl halides is 3. The number of halogens is 6. The Morgan fingerprint density at radius 3 is 2.23 bits per heavy atom. The Morgan fingerprint density at radius 1 is 0.971 bits per heavy atom. The number of hydrogen-bond acceptors (Lipinski definition) is 3. The molecule has 0 saturated heterocycles. The second kappa shape index (κ2) is 9.59. The maximum atomic E-state index is 13.8. The maximum Gasteiger partial charge on any atom is 0.435 e. The van der Waals surface area contributed by atoms with Crippen molar-refractivity contribution >= 4 is 29.2 Å². The van der Waals surface area contributed by atoms with Crippen LogP contribution >= 0.6 is 23.2 Å². The van der Waals surface area contributed by atoms with Crippen molar-refractivity contribution in [2.75, 3.05) is 0 Å². The van der Waals surface area contributed by atoms with E-state index in [9.17, 15) is 22.4 Å². The van der Waals surface area contributed by atoms with Crippen LogP contribution < -0.4 is 4.74 Å². The van der Waals surface area contributed by atoms with Crippen LogP contribution in [0, 0.1) is 5.82 Å². The van der Waals surface area contributed by atoms with Gasteiger partial charge in [-0.3, -0.25) is 0 Å². The van der Waals surface area contributed by atoms with E-state index in [0.717, 1.165) is 16.8 Å². The molecular weight excluding hydrogens is 511 g/mol. The molecular formula is C24H14Cl2F4N2O3. The van der Waals surface area contributed by atoms with Gasteiger partial charge in [-0.05, 0) is 59.7 Å². The largest absolute Gasteiger partial charge is 0.487 e. The quantitative estimate of drug-likeness (QED) is 0.269. The second-order valence-corrected chi connectivity index (χ2v) is 8.16. The third kappa shape index (κ3) is 5.41. The fourth-order valence-electron chi connectivity index (χ4n) is 3.33. The first-order valence-corrected chi connectivity index (χ1v) is 10.7. The van der Waals surface area contributed by atoms with Crippen LogP contribution in [0.25, 0.3) is 16.8 Å². The molecule has 1 aromatic heterocycles. The van der Waals surface area contributed by atoms with Crippen LogP contribution in [0.2, 0.25) is 10.0 Å². The molecule has 4 rings (SSSR count). The van der Waals surface area contributed by atoms with Gasteiger partial charge >= 0.3 is 12.1 Å². The van der Waals surface area contributed by atoms with Crippen molar-refractivity contribution in [3.63, 3.8) is 0 Å². The number of ether oxygens (including phenoxy) is 1. The summed E-state index contributed by atoms with van der Waals surface area (Å²) in [6, 6.07) is 15.0. The first kappa shape index (κ1) is 24.6. The van der Waals surface area contributed by atoms with E-state index in [0.29, 0.717) is 16.9 Å². The maximum absolute atomic E-state index is 13.8. The highest BCUT2D eigenvalue weighted by Crippen LogP contribution is 2.34. The molecule has 0 bridgehead atoms. The molecule has 0 fully saturated rings. The predicted molar refractivity (Wildman–Crippen MR) is 122 cm³/mol. The van der Waals surface area contributed by atoms with Crippen LogP contribution in [0.4, 0.5) is 17.6 Å². The molecule has 0 spiro atoms. The van der Waals surface area contributed by atoms with Gasteiger partial charge < -0.3 is 9.84 Å². The number of hydrogen-bond donors (Lipinski definition) is 1. The third-order valence-electron chi connectivity index (χ3n) is 4.94. The molecule has 0 amide bonds. The average molecular weight is 525 g/mol. The van der Waals surface area contributed by atoms with E-state index in [1.165, 1.54) is 36.4 Å². The summed E-state index contributed by atoms with van der Waals surface area (Å²) in [5.74, 6) is -1.67. The van der Waals surface area contributed by atoms with Crippen molar-refractivity contribution in [1.82, 2.24) is 9.78 Å². The molecule has 0 saturated carbocycles. The van der Waals surface area contributed by atoms with Crippen molar-refractivity contribution < 1.29 is 32.2 Å². The summed E-state index contributed by atoms with van der Waals surface area (Å²) < 4.78 is 60.4. The van der Waals surface area contributed by atoms with Crippen LogP contribution in [-0.4, -0.2) is 20.9 Å². The van der Waals surface area contributed by atoms with E-state index >= 15 is 0 Å². The molecule has 180 valence electrons. The van der Waals surface area contributed by atoms with E-state index in [4.69, 9.17) is 33.0 Å². The molecule has 0 atom stereocenters. The van der Waals surface area contributed by atoms with Crippen LogP contribution in [-0.2, 0) is 12.8 Å². The predicted octanol–water partition coefficient (Wildman–Crippen LogP) is 7.28. The fraction of sp³-hybridized carbons (Fsp3) is 0.0833. The van der Waals surface area contributed by atoms with Crippen LogP contribution in [0.15, 0.2) is 66.7 Å². The molecule has 35 heavy (non-hydrogen) atoms. The highest BCUT2D eigenvalue weighted by molar-refractivity contribution is 6.37. The Balaban J connectivity index is 1.61. The number of benzene rings is 3. The van der Waals surface area contributed by atoms with Gasteiger partial charge in [0.1, 0.15) is 23.9 Å². The monoisotopic (exact) mass is 524 g/mol. The molecule has 5 nitrogen and oxygen atoms in total. The topological polar surface area (TPSA) is 64.3 Å². The van der Waals surface area contributed by atoms with E-state index in [2.05, 4.69) is 5.10 Å². The van der Waals surface area contributed by atoms with Gasteiger partial charge in [-0.15, -0.1) is 0 Å².